The van der Waals surface area contributed by atoms with Crippen LogP contribution in [0.4, 0.5) is 5.69 Å². The molecule has 4 nitrogen and oxygen atoms in total. The summed E-state index contributed by atoms with van der Waals surface area (Å²) in [4.78, 5) is 14.1. The largest absolute Gasteiger partial charge is 0.497 e. The van der Waals surface area contributed by atoms with Crippen molar-refractivity contribution in [2.75, 3.05) is 19.9 Å². The first-order chi connectivity index (χ1) is 10.0. The van der Waals surface area contributed by atoms with Gasteiger partial charge < -0.3 is 15.4 Å². The molecule has 21 heavy (non-hydrogen) atoms. The molecule has 2 rings (SSSR count). The summed E-state index contributed by atoms with van der Waals surface area (Å²) in [7, 11) is 3.37. The van der Waals surface area contributed by atoms with Gasteiger partial charge in [0.1, 0.15) is 5.75 Å². The van der Waals surface area contributed by atoms with E-state index in [-0.39, 0.29) is 5.91 Å². The maximum atomic E-state index is 12.4. The van der Waals surface area contributed by atoms with E-state index in [0.29, 0.717) is 17.8 Å². The molecule has 0 unspecified atom stereocenters. The van der Waals surface area contributed by atoms with Gasteiger partial charge in [0.05, 0.1) is 12.7 Å². The zero-order chi connectivity index (χ0) is 15.4. The normalized spacial score (nSPS) is 10.2. The molecule has 2 aromatic carbocycles. The first-order valence-corrected chi connectivity index (χ1v) is 7.24. The molecular formula is C16H17BrN2O2. The van der Waals surface area contributed by atoms with E-state index in [9.17, 15) is 4.79 Å². The highest BCUT2D eigenvalue weighted by molar-refractivity contribution is 9.10. The lowest BCUT2D eigenvalue weighted by molar-refractivity contribution is 0.0786. The summed E-state index contributed by atoms with van der Waals surface area (Å²) in [6.45, 7) is 0.492. The van der Waals surface area contributed by atoms with Gasteiger partial charge in [-0.3, -0.25) is 4.79 Å². The van der Waals surface area contributed by atoms with E-state index in [1.165, 1.54) is 0 Å². The molecule has 0 saturated heterocycles. The van der Waals surface area contributed by atoms with E-state index >= 15 is 0 Å². The predicted molar refractivity (Wildman–Crippen MR) is 87.3 cm³/mol. The Morgan fingerprint density at radius 1 is 1.29 bits per heavy atom. The monoisotopic (exact) mass is 348 g/mol. The van der Waals surface area contributed by atoms with Crippen LogP contribution >= 0.6 is 15.9 Å². The van der Waals surface area contributed by atoms with Crippen molar-refractivity contribution in [2.24, 2.45) is 0 Å². The Morgan fingerprint density at radius 3 is 2.71 bits per heavy atom. The van der Waals surface area contributed by atoms with E-state index in [1.807, 2.05) is 30.3 Å². The van der Waals surface area contributed by atoms with Crippen LogP contribution in [0.1, 0.15) is 15.9 Å². The number of carbonyl (C=O) groups is 1. The molecular weight excluding hydrogens is 332 g/mol. The minimum Gasteiger partial charge on any atom is -0.497 e. The highest BCUT2D eigenvalue weighted by atomic mass is 79.9. The molecule has 110 valence electrons. The maximum absolute atomic E-state index is 12.4. The Kier molecular flexibility index (Phi) is 4.85. The Balaban J connectivity index is 2.15. The third-order valence-electron chi connectivity index (χ3n) is 3.14. The highest BCUT2D eigenvalue weighted by Crippen LogP contribution is 2.21. The van der Waals surface area contributed by atoms with Gasteiger partial charge in [0, 0.05) is 23.8 Å². The van der Waals surface area contributed by atoms with Crippen molar-refractivity contribution < 1.29 is 9.53 Å². The number of hydrogen-bond donors (Lipinski definition) is 1. The SMILES string of the molecule is COc1cccc(CN(C)C(=O)c2ccc(Br)cc2N)c1. The van der Waals surface area contributed by atoms with Crippen molar-refractivity contribution in [3.05, 3.63) is 58.1 Å². The molecule has 1 amide bonds. The summed E-state index contributed by atoms with van der Waals surface area (Å²) in [6, 6.07) is 12.9. The lowest BCUT2D eigenvalue weighted by Gasteiger charge is -2.18. The number of amides is 1. The summed E-state index contributed by atoms with van der Waals surface area (Å²) < 4.78 is 6.04. The number of halogens is 1. The second-order valence-corrected chi connectivity index (χ2v) is 5.66. The molecule has 0 fully saturated rings. The quantitative estimate of drug-likeness (QED) is 0.862. The van der Waals surface area contributed by atoms with Crippen molar-refractivity contribution in [3.63, 3.8) is 0 Å². The number of ether oxygens (including phenoxy) is 1. The summed E-state index contributed by atoms with van der Waals surface area (Å²) in [6.07, 6.45) is 0. The molecule has 0 radical (unpaired) electrons. The molecule has 0 aliphatic carbocycles. The van der Waals surface area contributed by atoms with Crippen molar-refractivity contribution in [3.8, 4) is 5.75 Å². The Bertz CT molecular complexity index is 658. The fraction of sp³-hybridized carbons (Fsp3) is 0.188. The predicted octanol–water partition coefficient (Wildman–Crippen LogP) is 3.31. The van der Waals surface area contributed by atoms with Gasteiger partial charge in [0.15, 0.2) is 0 Å². The van der Waals surface area contributed by atoms with E-state index < -0.39 is 0 Å². The number of benzene rings is 2. The zero-order valence-electron chi connectivity index (χ0n) is 12.0. The van der Waals surface area contributed by atoms with Crippen molar-refractivity contribution in [1.29, 1.82) is 0 Å². The van der Waals surface area contributed by atoms with Crippen LogP contribution in [0, 0.1) is 0 Å². The van der Waals surface area contributed by atoms with Gasteiger partial charge >= 0.3 is 0 Å². The summed E-state index contributed by atoms with van der Waals surface area (Å²) in [5.74, 6) is 0.666. The third-order valence-corrected chi connectivity index (χ3v) is 3.64. The van der Waals surface area contributed by atoms with Crippen LogP contribution in [0.3, 0.4) is 0 Å². The van der Waals surface area contributed by atoms with Crippen LogP contribution in [0.5, 0.6) is 5.75 Å². The minimum absolute atomic E-state index is 0.109. The number of carbonyl (C=O) groups excluding carboxylic acids is 1. The number of nitrogens with zero attached hydrogens (tertiary/aromatic N) is 1. The van der Waals surface area contributed by atoms with Gasteiger partial charge in [0.2, 0.25) is 0 Å². The smallest absolute Gasteiger partial charge is 0.255 e. The fourth-order valence-electron chi connectivity index (χ4n) is 2.05. The number of nitrogens with two attached hydrogens (primary N) is 1. The molecule has 0 aliphatic heterocycles. The minimum atomic E-state index is -0.109. The topological polar surface area (TPSA) is 55.6 Å². The van der Waals surface area contributed by atoms with Crippen molar-refractivity contribution >= 4 is 27.5 Å². The fourth-order valence-corrected chi connectivity index (χ4v) is 2.43. The number of methoxy groups -OCH3 is 1. The maximum Gasteiger partial charge on any atom is 0.255 e. The molecule has 0 aromatic heterocycles. The van der Waals surface area contributed by atoms with Gasteiger partial charge in [-0.1, -0.05) is 28.1 Å². The van der Waals surface area contributed by atoms with Crippen LogP contribution in [0.2, 0.25) is 0 Å². The molecule has 0 spiro atoms. The molecule has 0 aliphatic rings. The van der Waals surface area contributed by atoms with Gasteiger partial charge in [-0.2, -0.15) is 0 Å². The molecule has 5 heteroatoms. The van der Waals surface area contributed by atoms with Crippen molar-refractivity contribution in [1.82, 2.24) is 4.90 Å². The Morgan fingerprint density at radius 2 is 2.05 bits per heavy atom. The van der Waals surface area contributed by atoms with Gasteiger partial charge in [-0.25, -0.2) is 0 Å². The molecule has 0 heterocycles. The lowest BCUT2D eigenvalue weighted by Crippen LogP contribution is -2.27. The second-order valence-electron chi connectivity index (χ2n) is 4.74. The van der Waals surface area contributed by atoms with E-state index in [4.69, 9.17) is 10.5 Å². The first-order valence-electron chi connectivity index (χ1n) is 6.44. The zero-order valence-corrected chi connectivity index (χ0v) is 13.6. The molecule has 2 N–H and O–H groups in total. The van der Waals surface area contributed by atoms with E-state index in [2.05, 4.69) is 15.9 Å². The number of hydrogen-bond acceptors (Lipinski definition) is 3. The Hall–Kier alpha value is -2.01. The number of anilines is 1. The highest BCUT2D eigenvalue weighted by Gasteiger charge is 2.15. The molecule has 0 saturated carbocycles. The summed E-state index contributed by atoms with van der Waals surface area (Å²) in [5, 5.41) is 0. The van der Waals surface area contributed by atoms with E-state index in [0.717, 1.165) is 15.8 Å². The number of rotatable bonds is 4. The van der Waals surface area contributed by atoms with Crippen LogP contribution in [0.25, 0.3) is 0 Å². The van der Waals surface area contributed by atoms with Gasteiger partial charge in [-0.05, 0) is 35.9 Å². The number of nitrogen functional groups attached to an aromatic ring is 1. The molecule has 0 atom stereocenters. The Labute approximate surface area is 132 Å². The first kappa shape index (κ1) is 15.4. The van der Waals surface area contributed by atoms with Crippen LogP contribution in [-0.2, 0) is 6.54 Å². The third kappa shape index (κ3) is 3.76. The van der Waals surface area contributed by atoms with Gasteiger partial charge in [0.25, 0.3) is 5.91 Å². The van der Waals surface area contributed by atoms with Crippen LogP contribution in [-0.4, -0.2) is 25.0 Å². The lowest BCUT2D eigenvalue weighted by atomic mass is 10.1. The van der Waals surface area contributed by atoms with Crippen molar-refractivity contribution in [2.45, 2.75) is 6.54 Å². The second kappa shape index (κ2) is 6.63. The average molecular weight is 349 g/mol. The van der Waals surface area contributed by atoms with Gasteiger partial charge in [-0.15, -0.1) is 0 Å². The standard InChI is InChI=1S/C16H17BrN2O2/c1-19(10-11-4-3-5-13(8-11)21-2)16(20)14-7-6-12(17)9-15(14)18/h3-9H,10,18H2,1-2H3. The van der Waals surface area contributed by atoms with Crippen LogP contribution in [0.15, 0.2) is 46.9 Å². The summed E-state index contributed by atoms with van der Waals surface area (Å²) in [5.41, 5.74) is 7.87. The molecule has 2 aromatic rings. The average Bonchev–Trinajstić information content (AvgIpc) is 2.46. The molecule has 0 bridgehead atoms. The van der Waals surface area contributed by atoms with Crippen LogP contribution < -0.4 is 10.5 Å². The van der Waals surface area contributed by atoms with E-state index in [1.54, 1.807) is 31.2 Å². The summed E-state index contributed by atoms with van der Waals surface area (Å²) >= 11 is 3.33.